The SMILES string of the molecule is CC.CC1CCC(C2=C3OCC4COCCN4C3=NC(C)N2)(S(C)(=O)=O)CC1.[W]. The van der Waals surface area contributed by atoms with E-state index in [1.54, 1.807) is 0 Å². The van der Waals surface area contributed by atoms with Crippen molar-refractivity contribution in [3.63, 3.8) is 0 Å². The van der Waals surface area contributed by atoms with Gasteiger partial charge in [-0.1, -0.05) is 20.8 Å². The molecule has 0 amide bonds. The summed E-state index contributed by atoms with van der Waals surface area (Å²) in [5, 5.41) is 3.37. The Morgan fingerprint density at radius 2 is 1.83 bits per heavy atom. The molecule has 2 atom stereocenters. The minimum absolute atomic E-state index is 0. The molecule has 1 saturated carbocycles. The van der Waals surface area contributed by atoms with Gasteiger partial charge in [0.05, 0.1) is 25.0 Å². The van der Waals surface area contributed by atoms with E-state index in [0.29, 0.717) is 44.3 Å². The molecule has 7 nitrogen and oxygen atoms in total. The molecule has 0 aromatic rings. The topological polar surface area (TPSA) is 80.2 Å². The van der Waals surface area contributed by atoms with Crippen molar-refractivity contribution in [3.8, 4) is 0 Å². The molecule has 0 aromatic heterocycles. The monoisotopic (exact) mass is 597 g/mol. The van der Waals surface area contributed by atoms with Crippen molar-refractivity contribution >= 4 is 15.7 Å². The van der Waals surface area contributed by atoms with E-state index in [0.717, 1.165) is 30.9 Å². The van der Waals surface area contributed by atoms with Crippen LogP contribution in [0.1, 0.15) is 53.4 Å². The molecule has 166 valence electrons. The standard InChI is InChI=1S/C18H29N3O4S.C2H6.W/c1-12-4-6-18(7-5-12,26(3,22)23)16-15-17(20-13(2)19-16)21-8-9-24-10-14(21)11-25-15;1-2;/h12-14,19H,4-11H2,1-3H3;1-2H3;. The van der Waals surface area contributed by atoms with E-state index in [1.807, 2.05) is 20.8 Å². The molecular formula is C20H35N3O4SW. The summed E-state index contributed by atoms with van der Waals surface area (Å²) < 4.78 is 36.7. The van der Waals surface area contributed by atoms with Crippen LogP contribution in [0.2, 0.25) is 0 Å². The van der Waals surface area contributed by atoms with Gasteiger partial charge in [-0.05, 0) is 38.5 Å². The number of hydrogen-bond acceptors (Lipinski definition) is 7. The smallest absolute Gasteiger partial charge is 0.182 e. The fourth-order valence-electron chi connectivity index (χ4n) is 4.63. The summed E-state index contributed by atoms with van der Waals surface area (Å²) in [5.74, 6) is 1.99. The molecule has 1 aliphatic carbocycles. The molecule has 4 aliphatic rings. The van der Waals surface area contributed by atoms with Crippen molar-refractivity contribution in [2.75, 3.05) is 32.6 Å². The molecule has 3 heterocycles. The molecule has 0 radical (unpaired) electrons. The molecule has 1 N–H and O–H groups in total. The Morgan fingerprint density at radius 3 is 2.45 bits per heavy atom. The third-order valence-corrected chi connectivity index (χ3v) is 8.30. The first kappa shape index (κ1) is 24.7. The van der Waals surface area contributed by atoms with Crippen molar-refractivity contribution in [2.24, 2.45) is 10.9 Å². The molecule has 29 heavy (non-hydrogen) atoms. The first-order valence-electron chi connectivity index (χ1n) is 10.6. The van der Waals surface area contributed by atoms with Gasteiger partial charge in [-0.2, -0.15) is 0 Å². The molecule has 0 aromatic carbocycles. The quantitative estimate of drug-likeness (QED) is 0.527. The predicted octanol–water partition coefficient (Wildman–Crippen LogP) is 2.29. The summed E-state index contributed by atoms with van der Waals surface area (Å²) in [7, 11) is -3.31. The van der Waals surface area contributed by atoms with E-state index in [1.165, 1.54) is 6.26 Å². The van der Waals surface area contributed by atoms with E-state index < -0.39 is 14.6 Å². The van der Waals surface area contributed by atoms with Gasteiger partial charge < -0.3 is 19.7 Å². The van der Waals surface area contributed by atoms with Crippen LogP contribution >= 0.6 is 0 Å². The van der Waals surface area contributed by atoms with Crippen LogP contribution in [0, 0.1) is 5.92 Å². The van der Waals surface area contributed by atoms with Crippen LogP contribution in [-0.2, 0) is 40.4 Å². The van der Waals surface area contributed by atoms with Crippen LogP contribution < -0.4 is 5.32 Å². The maximum absolute atomic E-state index is 13.0. The third kappa shape index (κ3) is 4.54. The Bertz CT molecular complexity index is 745. The van der Waals surface area contributed by atoms with Crippen molar-refractivity contribution in [1.82, 2.24) is 10.2 Å². The van der Waals surface area contributed by atoms with E-state index >= 15 is 0 Å². The van der Waals surface area contributed by atoms with E-state index in [9.17, 15) is 8.42 Å². The number of ether oxygens (including phenoxy) is 2. The van der Waals surface area contributed by atoms with Crippen molar-refractivity contribution in [2.45, 2.75) is 70.3 Å². The zero-order valence-corrected chi connectivity index (χ0v) is 22.0. The number of rotatable bonds is 2. The number of nitrogens with one attached hydrogen (secondary N) is 1. The summed E-state index contributed by atoms with van der Waals surface area (Å²) in [5.41, 5.74) is 0.731. The summed E-state index contributed by atoms with van der Waals surface area (Å²) in [6.45, 7) is 10.7. The van der Waals surface area contributed by atoms with Crippen LogP contribution in [0.3, 0.4) is 0 Å². The Labute approximate surface area is 189 Å². The molecule has 2 saturated heterocycles. The molecular weight excluding hydrogens is 562 g/mol. The summed E-state index contributed by atoms with van der Waals surface area (Å²) >= 11 is 0. The van der Waals surface area contributed by atoms with Gasteiger partial charge in [0.2, 0.25) is 0 Å². The van der Waals surface area contributed by atoms with Crippen LogP contribution in [0.25, 0.3) is 0 Å². The van der Waals surface area contributed by atoms with Gasteiger partial charge >= 0.3 is 0 Å². The second-order valence-corrected chi connectivity index (χ2v) is 10.5. The average molecular weight is 597 g/mol. The van der Waals surface area contributed by atoms with Crippen LogP contribution in [0.5, 0.6) is 0 Å². The van der Waals surface area contributed by atoms with Gasteiger partial charge in [-0.3, -0.25) is 0 Å². The summed E-state index contributed by atoms with van der Waals surface area (Å²) in [6, 6.07) is 0.151. The van der Waals surface area contributed by atoms with E-state index in [4.69, 9.17) is 14.5 Å². The van der Waals surface area contributed by atoms with Crippen molar-refractivity contribution in [3.05, 3.63) is 11.5 Å². The molecule has 0 spiro atoms. The third-order valence-electron chi connectivity index (χ3n) is 6.27. The zero-order valence-electron chi connectivity index (χ0n) is 18.2. The first-order valence-corrected chi connectivity index (χ1v) is 12.5. The van der Waals surface area contributed by atoms with Gasteiger partial charge in [-0.15, -0.1) is 0 Å². The van der Waals surface area contributed by atoms with Crippen molar-refractivity contribution in [1.29, 1.82) is 0 Å². The minimum Gasteiger partial charge on any atom is -0.486 e. The summed E-state index contributed by atoms with van der Waals surface area (Å²) in [4.78, 5) is 7.00. The molecule has 3 aliphatic heterocycles. The van der Waals surface area contributed by atoms with Crippen LogP contribution in [0.15, 0.2) is 16.4 Å². The number of sulfone groups is 1. The van der Waals surface area contributed by atoms with E-state index in [-0.39, 0.29) is 33.3 Å². The fraction of sp³-hybridized carbons (Fsp3) is 0.850. The largest absolute Gasteiger partial charge is 0.486 e. The second kappa shape index (κ2) is 9.69. The molecule has 4 rings (SSSR count). The van der Waals surface area contributed by atoms with Crippen molar-refractivity contribution < 1.29 is 39.0 Å². The Morgan fingerprint density at radius 1 is 1.17 bits per heavy atom. The Hall–Kier alpha value is -0.592. The number of fused-ring (bicyclic) bond motifs is 3. The van der Waals surface area contributed by atoms with Gasteiger partial charge in [-0.25, -0.2) is 13.4 Å². The van der Waals surface area contributed by atoms with Gasteiger partial charge in [0.1, 0.15) is 17.5 Å². The first-order chi connectivity index (χ1) is 13.3. The second-order valence-electron chi connectivity index (χ2n) is 8.16. The van der Waals surface area contributed by atoms with Gasteiger partial charge in [0.25, 0.3) is 0 Å². The molecule has 3 fully saturated rings. The maximum atomic E-state index is 13.0. The number of hydrogen-bond donors (Lipinski definition) is 1. The normalized spacial score (nSPS) is 34.2. The number of morpholine rings is 2. The molecule has 2 unspecified atom stereocenters. The summed E-state index contributed by atoms with van der Waals surface area (Å²) in [6.07, 6.45) is 4.28. The van der Waals surface area contributed by atoms with Gasteiger partial charge in [0.15, 0.2) is 21.4 Å². The number of nitrogens with zero attached hydrogens (tertiary/aromatic N) is 2. The van der Waals surface area contributed by atoms with Gasteiger partial charge in [0, 0.05) is 33.9 Å². The maximum Gasteiger partial charge on any atom is 0.182 e. The minimum atomic E-state index is -3.31. The molecule has 0 bridgehead atoms. The zero-order chi connectivity index (χ0) is 20.5. The fourth-order valence-corrected chi connectivity index (χ4v) is 6.13. The van der Waals surface area contributed by atoms with Crippen LogP contribution in [0.4, 0.5) is 0 Å². The predicted molar refractivity (Wildman–Crippen MR) is 111 cm³/mol. The molecule has 9 heteroatoms. The number of amidine groups is 1. The Kier molecular flexibility index (Phi) is 8.25. The number of aliphatic imine (C=N–C) groups is 1. The average Bonchev–Trinajstić information content (AvgIpc) is 2.68. The Balaban J connectivity index is 0.000000970. The van der Waals surface area contributed by atoms with Crippen LogP contribution in [-0.4, -0.2) is 68.7 Å². The van der Waals surface area contributed by atoms with E-state index in [2.05, 4.69) is 17.1 Å².